The Morgan fingerprint density at radius 1 is 1.24 bits per heavy atom. The Labute approximate surface area is 105 Å². The SMILES string of the molecule is CC1C2C=CC3=C(NCCCC3(C)C)C1C2C. The number of nitrogens with one attached hydrogen (secondary N) is 1. The molecule has 1 nitrogen and oxygen atoms in total. The van der Waals surface area contributed by atoms with Gasteiger partial charge in [0.2, 0.25) is 0 Å². The average Bonchev–Trinajstić information content (AvgIpc) is 2.57. The summed E-state index contributed by atoms with van der Waals surface area (Å²) in [5.74, 6) is 3.25. The predicted molar refractivity (Wildman–Crippen MR) is 72.5 cm³/mol. The molecule has 2 atom stereocenters. The second-order valence-electron chi connectivity index (χ2n) is 6.92. The number of hydrogen-bond acceptors (Lipinski definition) is 1. The minimum Gasteiger partial charge on any atom is -0.388 e. The normalized spacial score (nSPS) is 43.1. The highest BCUT2D eigenvalue weighted by Crippen LogP contribution is 2.54. The molecule has 94 valence electrons. The summed E-state index contributed by atoms with van der Waals surface area (Å²) in [4.78, 5) is 0. The molecule has 2 unspecified atom stereocenters. The van der Waals surface area contributed by atoms with Crippen LogP contribution in [-0.4, -0.2) is 6.54 Å². The van der Waals surface area contributed by atoms with Gasteiger partial charge in [0.25, 0.3) is 0 Å². The molecule has 1 aliphatic heterocycles. The van der Waals surface area contributed by atoms with E-state index in [0.29, 0.717) is 5.41 Å². The largest absolute Gasteiger partial charge is 0.388 e. The van der Waals surface area contributed by atoms with Gasteiger partial charge in [0, 0.05) is 18.2 Å². The molecule has 0 radical (unpaired) electrons. The van der Waals surface area contributed by atoms with Gasteiger partial charge in [0.15, 0.2) is 0 Å². The van der Waals surface area contributed by atoms with Crippen LogP contribution in [0.1, 0.15) is 40.5 Å². The first kappa shape index (κ1) is 11.4. The van der Waals surface area contributed by atoms with Crippen LogP contribution in [-0.2, 0) is 0 Å². The van der Waals surface area contributed by atoms with E-state index in [1.807, 2.05) is 0 Å². The van der Waals surface area contributed by atoms with Crippen molar-refractivity contribution in [2.45, 2.75) is 40.5 Å². The molecular formula is C16H25N. The summed E-state index contributed by atoms with van der Waals surface area (Å²) in [5.41, 5.74) is 3.53. The van der Waals surface area contributed by atoms with E-state index in [0.717, 1.165) is 30.2 Å². The minimum atomic E-state index is 0.353. The van der Waals surface area contributed by atoms with Crippen LogP contribution in [0.15, 0.2) is 23.4 Å². The summed E-state index contributed by atoms with van der Waals surface area (Å²) >= 11 is 0. The molecule has 0 aromatic heterocycles. The highest BCUT2D eigenvalue weighted by molar-refractivity contribution is 5.39. The van der Waals surface area contributed by atoms with Gasteiger partial charge in [0.1, 0.15) is 0 Å². The first-order valence-corrected chi connectivity index (χ1v) is 7.19. The van der Waals surface area contributed by atoms with Crippen LogP contribution >= 0.6 is 0 Å². The average molecular weight is 231 g/mol. The number of hydrogen-bond donors (Lipinski definition) is 1. The molecule has 1 heteroatoms. The van der Waals surface area contributed by atoms with Gasteiger partial charge in [-0.3, -0.25) is 0 Å². The molecule has 17 heavy (non-hydrogen) atoms. The molecule has 3 aliphatic carbocycles. The van der Waals surface area contributed by atoms with Gasteiger partial charge >= 0.3 is 0 Å². The maximum absolute atomic E-state index is 3.76. The zero-order valence-electron chi connectivity index (χ0n) is 11.6. The summed E-state index contributed by atoms with van der Waals surface area (Å²) in [5, 5.41) is 3.76. The standard InChI is InChI=1S/C16H25N/c1-10-12-6-7-13-15(14(10)11(12)2)17-9-5-8-16(13,3)4/h6-7,10-12,14,17H,5,8-9H2,1-4H3. The smallest absolute Gasteiger partial charge is 0.0182 e. The van der Waals surface area contributed by atoms with E-state index in [9.17, 15) is 0 Å². The predicted octanol–water partition coefficient (Wildman–Crippen LogP) is 3.74. The zero-order chi connectivity index (χ0) is 12.2. The molecule has 0 saturated heterocycles. The molecule has 2 bridgehead atoms. The van der Waals surface area contributed by atoms with Gasteiger partial charge in [-0.2, -0.15) is 0 Å². The summed E-state index contributed by atoms with van der Waals surface area (Å²) in [6.45, 7) is 10.8. The van der Waals surface area contributed by atoms with Crippen molar-refractivity contribution in [2.24, 2.45) is 29.1 Å². The van der Waals surface area contributed by atoms with E-state index in [-0.39, 0.29) is 0 Å². The third-order valence-electron chi connectivity index (χ3n) is 5.48. The van der Waals surface area contributed by atoms with Crippen LogP contribution in [0.2, 0.25) is 0 Å². The van der Waals surface area contributed by atoms with E-state index >= 15 is 0 Å². The van der Waals surface area contributed by atoms with Crippen molar-refractivity contribution in [2.75, 3.05) is 6.54 Å². The molecular weight excluding hydrogens is 206 g/mol. The van der Waals surface area contributed by atoms with Crippen molar-refractivity contribution in [3.63, 3.8) is 0 Å². The third-order valence-corrected chi connectivity index (χ3v) is 5.48. The summed E-state index contributed by atoms with van der Waals surface area (Å²) in [7, 11) is 0. The lowest BCUT2D eigenvalue weighted by molar-refractivity contribution is 0.0622. The van der Waals surface area contributed by atoms with Crippen LogP contribution in [0, 0.1) is 29.1 Å². The Kier molecular flexibility index (Phi) is 2.43. The van der Waals surface area contributed by atoms with E-state index in [1.165, 1.54) is 12.8 Å². The Balaban J connectivity index is 2.08. The van der Waals surface area contributed by atoms with Crippen molar-refractivity contribution in [3.05, 3.63) is 23.4 Å². The second-order valence-corrected chi connectivity index (χ2v) is 6.92. The Morgan fingerprint density at radius 3 is 2.65 bits per heavy atom. The fraction of sp³-hybridized carbons (Fsp3) is 0.750. The highest BCUT2D eigenvalue weighted by Gasteiger charge is 2.48. The van der Waals surface area contributed by atoms with Gasteiger partial charge in [-0.1, -0.05) is 39.8 Å². The maximum Gasteiger partial charge on any atom is 0.0182 e. The van der Waals surface area contributed by atoms with E-state index in [4.69, 9.17) is 0 Å². The van der Waals surface area contributed by atoms with Crippen LogP contribution in [0.5, 0.6) is 0 Å². The monoisotopic (exact) mass is 231 g/mol. The van der Waals surface area contributed by atoms with Crippen molar-refractivity contribution in [1.82, 2.24) is 5.32 Å². The Morgan fingerprint density at radius 2 is 1.94 bits per heavy atom. The molecule has 0 spiro atoms. The van der Waals surface area contributed by atoms with Crippen molar-refractivity contribution in [3.8, 4) is 0 Å². The molecule has 1 fully saturated rings. The lowest BCUT2D eigenvalue weighted by Gasteiger charge is -2.48. The molecule has 1 saturated carbocycles. The van der Waals surface area contributed by atoms with Gasteiger partial charge in [0.05, 0.1) is 0 Å². The fourth-order valence-electron chi connectivity index (χ4n) is 4.34. The van der Waals surface area contributed by atoms with Gasteiger partial charge in [-0.25, -0.2) is 0 Å². The quantitative estimate of drug-likeness (QED) is 0.669. The fourth-order valence-corrected chi connectivity index (χ4v) is 4.34. The third kappa shape index (κ3) is 1.51. The first-order valence-electron chi connectivity index (χ1n) is 7.19. The van der Waals surface area contributed by atoms with Crippen LogP contribution in [0.4, 0.5) is 0 Å². The summed E-state index contributed by atoms with van der Waals surface area (Å²) in [6.07, 6.45) is 7.54. The van der Waals surface area contributed by atoms with Crippen LogP contribution in [0.3, 0.4) is 0 Å². The van der Waals surface area contributed by atoms with Gasteiger partial charge < -0.3 is 5.32 Å². The van der Waals surface area contributed by atoms with Gasteiger partial charge in [-0.05, 0) is 41.6 Å². The van der Waals surface area contributed by atoms with Crippen molar-refractivity contribution in [1.29, 1.82) is 0 Å². The first-order chi connectivity index (χ1) is 8.02. The van der Waals surface area contributed by atoms with Crippen molar-refractivity contribution < 1.29 is 0 Å². The number of rotatable bonds is 0. The second kappa shape index (κ2) is 3.63. The van der Waals surface area contributed by atoms with Crippen LogP contribution < -0.4 is 5.32 Å². The molecule has 4 aliphatic rings. The minimum absolute atomic E-state index is 0.353. The highest BCUT2D eigenvalue weighted by atomic mass is 14.9. The molecule has 0 amide bonds. The Bertz CT molecular complexity index is 378. The van der Waals surface area contributed by atoms with E-state index in [2.05, 4.69) is 45.2 Å². The molecule has 0 aromatic carbocycles. The molecule has 4 rings (SSSR count). The summed E-state index contributed by atoms with van der Waals surface area (Å²) in [6, 6.07) is 0. The van der Waals surface area contributed by atoms with Gasteiger partial charge in [-0.15, -0.1) is 0 Å². The Hall–Kier alpha value is -0.720. The van der Waals surface area contributed by atoms with Crippen LogP contribution in [0.25, 0.3) is 0 Å². The molecule has 0 aromatic rings. The van der Waals surface area contributed by atoms with E-state index < -0.39 is 0 Å². The number of allylic oxidation sites excluding steroid dienone is 4. The molecule has 1 heterocycles. The topological polar surface area (TPSA) is 12.0 Å². The maximum atomic E-state index is 3.76. The zero-order valence-corrected chi connectivity index (χ0v) is 11.6. The molecule has 1 N–H and O–H groups in total. The van der Waals surface area contributed by atoms with E-state index in [1.54, 1.807) is 11.3 Å². The lowest BCUT2D eigenvalue weighted by Crippen LogP contribution is -2.45. The van der Waals surface area contributed by atoms with Crippen molar-refractivity contribution >= 4 is 0 Å². The summed E-state index contributed by atoms with van der Waals surface area (Å²) < 4.78 is 0. The lowest BCUT2D eigenvalue weighted by atomic mass is 9.57.